The summed E-state index contributed by atoms with van der Waals surface area (Å²) >= 11 is 1.60. The summed E-state index contributed by atoms with van der Waals surface area (Å²) in [5, 5.41) is -0.688. The Balaban J connectivity index is 2.23. The minimum atomic E-state index is -3.26. The number of hydrogen-bond donors (Lipinski definition) is 1. The normalized spacial score (nSPS) is 34.7. The van der Waals surface area contributed by atoms with Crippen LogP contribution >= 0.6 is 11.8 Å². The molecule has 1 atom stereocenters. The van der Waals surface area contributed by atoms with Crippen LogP contribution in [0.3, 0.4) is 0 Å². The van der Waals surface area contributed by atoms with E-state index >= 15 is 0 Å². The Morgan fingerprint density at radius 2 is 2.00 bits per heavy atom. The first kappa shape index (κ1) is 17.1. The number of sulfone groups is 1. The first-order valence-electron chi connectivity index (χ1n) is 7.58. The molecule has 1 aliphatic carbocycles. The van der Waals surface area contributed by atoms with Crippen molar-refractivity contribution in [2.24, 2.45) is 17.1 Å². The second-order valence-electron chi connectivity index (χ2n) is 6.52. The molecule has 0 spiro atoms. The van der Waals surface area contributed by atoms with Gasteiger partial charge in [-0.15, -0.1) is 0 Å². The maximum atomic E-state index is 13.0. The summed E-state index contributed by atoms with van der Waals surface area (Å²) in [6.07, 6.45) is 4.78. The molecule has 1 heterocycles. The molecule has 0 radical (unpaired) electrons. The van der Waals surface area contributed by atoms with E-state index in [4.69, 9.17) is 5.73 Å². The molecule has 2 aliphatic rings. The summed E-state index contributed by atoms with van der Waals surface area (Å²) in [6.45, 7) is 3.03. The van der Waals surface area contributed by atoms with Crippen LogP contribution < -0.4 is 5.73 Å². The summed E-state index contributed by atoms with van der Waals surface area (Å²) < 4.78 is 24.0. The van der Waals surface area contributed by atoms with Gasteiger partial charge in [0.1, 0.15) is 5.37 Å². The van der Waals surface area contributed by atoms with E-state index in [0.717, 1.165) is 31.4 Å². The first-order valence-corrected chi connectivity index (χ1v) is 10.7. The van der Waals surface area contributed by atoms with Gasteiger partial charge in [-0.25, -0.2) is 8.42 Å². The van der Waals surface area contributed by atoms with Crippen molar-refractivity contribution >= 4 is 27.5 Å². The van der Waals surface area contributed by atoms with Gasteiger partial charge in [-0.2, -0.15) is 11.8 Å². The number of carbonyl (C=O) groups is 1. The van der Waals surface area contributed by atoms with Crippen LogP contribution in [0.2, 0.25) is 0 Å². The van der Waals surface area contributed by atoms with E-state index in [-0.39, 0.29) is 5.91 Å². The highest BCUT2D eigenvalue weighted by molar-refractivity contribution is 8.00. The molecular weight excluding hydrogens is 308 g/mol. The molecule has 0 aromatic heterocycles. The van der Waals surface area contributed by atoms with Gasteiger partial charge in [-0.1, -0.05) is 6.92 Å². The fourth-order valence-corrected chi connectivity index (χ4v) is 6.11. The molecule has 7 heteroatoms. The Hall–Kier alpha value is -0.270. The van der Waals surface area contributed by atoms with Gasteiger partial charge in [0.2, 0.25) is 5.91 Å². The molecular formula is C14H26N2O3S2. The third-order valence-corrected chi connectivity index (χ3v) is 7.56. The van der Waals surface area contributed by atoms with Crippen LogP contribution in [0.4, 0.5) is 0 Å². The number of nitrogens with two attached hydrogens (primary N) is 1. The van der Waals surface area contributed by atoms with E-state index in [1.807, 2.05) is 0 Å². The standard InChI is InChI=1S/C14H26N2O3S2/c1-11-3-5-14(10-15,6-4-11)13(17)16-7-8-20-9-12(16)21(2,18)19/h11-12H,3-10,15H2,1-2H3. The van der Waals surface area contributed by atoms with Crippen molar-refractivity contribution in [1.82, 2.24) is 4.90 Å². The summed E-state index contributed by atoms with van der Waals surface area (Å²) in [6, 6.07) is 0. The van der Waals surface area contributed by atoms with Crippen LogP contribution in [0, 0.1) is 11.3 Å². The molecule has 2 rings (SSSR count). The van der Waals surface area contributed by atoms with Crippen molar-refractivity contribution in [1.29, 1.82) is 0 Å². The number of carbonyl (C=O) groups excluding carboxylic acids is 1. The topological polar surface area (TPSA) is 80.5 Å². The van der Waals surface area contributed by atoms with Crippen LogP contribution in [0.1, 0.15) is 32.6 Å². The summed E-state index contributed by atoms with van der Waals surface area (Å²) in [5.41, 5.74) is 5.40. The lowest BCUT2D eigenvalue weighted by molar-refractivity contribution is -0.144. The van der Waals surface area contributed by atoms with E-state index in [0.29, 0.717) is 24.8 Å². The average molecular weight is 335 g/mol. The van der Waals surface area contributed by atoms with E-state index in [1.165, 1.54) is 6.26 Å². The van der Waals surface area contributed by atoms with Crippen LogP contribution in [0.15, 0.2) is 0 Å². The zero-order valence-corrected chi connectivity index (χ0v) is 14.5. The Bertz CT molecular complexity index is 484. The Labute approximate surface area is 131 Å². The molecule has 122 valence electrons. The van der Waals surface area contributed by atoms with E-state index in [9.17, 15) is 13.2 Å². The molecule has 2 N–H and O–H groups in total. The summed E-state index contributed by atoms with van der Waals surface area (Å²) in [7, 11) is -3.26. The smallest absolute Gasteiger partial charge is 0.231 e. The summed E-state index contributed by atoms with van der Waals surface area (Å²) in [4.78, 5) is 14.6. The Morgan fingerprint density at radius 1 is 1.38 bits per heavy atom. The largest absolute Gasteiger partial charge is 0.329 e. The van der Waals surface area contributed by atoms with Crippen molar-refractivity contribution in [3.63, 3.8) is 0 Å². The predicted octanol–water partition coefficient (Wildman–Crippen LogP) is 1.09. The van der Waals surface area contributed by atoms with Crippen molar-refractivity contribution in [3.05, 3.63) is 0 Å². The van der Waals surface area contributed by atoms with Gasteiger partial charge in [0.05, 0.1) is 5.41 Å². The molecule has 0 aromatic carbocycles. The van der Waals surface area contributed by atoms with Crippen molar-refractivity contribution < 1.29 is 13.2 Å². The molecule has 2 fully saturated rings. The molecule has 1 unspecified atom stereocenters. The van der Waals surface area contributed by atoms with Crippen LogP contribution in [-0.2, 0) is 14.6 Å². The molecule has 1 aliphatic heterocycles. The average Bonchev–Trinajstić information content (AvgIpc) is 2.47. The number of rotatable bonds is 3. The quantitative estimate of drug-likeness (QED) is 0.835. The monoisotopic (exact) mass is 334 g/mol. The lowest BCUT2D eigenvalue weighted by atomic mass is 9.70. The molecule has 0 bridgehead atoms. The highest BCUT2D eigenvalue weighted by Gasteiger charge is 2.46. The molecule has 0 aromatic rings. The fraction of sp³-hybridized carbons (Fsp3) is 0.929. The van der Waals surface area contributed by atoms with Crippen LogP contribution in [0.25, 0.3) is 0 Å². The van der Waals surface area contributed by atoms with Gasteiger partial charge in [0.15, 0.2) is 9.84 Å². The molecule has 1 amide bonds. The summed E-state index contributed by atoms with van der Waals surface area (Å²) in [5.74, 6) is 1.86. The number of hydrogen-bond acceptors (Lipinski definition) is 5. The minimum absolute atomic E-state index is 0.0346. The fourth-order valence-electron chi connectivity index (χ4n) is 3.29. The second kappa shape index (κ2) is 6.46. The van der Waals surface area contributed by atoms with Gasteiger partial charge in [-0.05, 0) is 31.6 Å². The van der Waals surface area contributed by atoms with Gasteiger partial charge in [0.25, 0.3) is 0 Å². The molecule has 21 heavy (non-hydrogen) atoms. The van der Waals surface area contributed by atoms with Crippen molar-refractivity contribution in [2.75, 3.05) is 30.9 Å². The number of amides is 1. The zero-order valence-electron chi connectivity index (χ0n) is 12.9. The zero-order chi connectivity index (χ0) is 15.7. The third kappa shape index (κ3) is 3.56. The lowest BCUT2D eigenvalue weighted by Gasteiger charge is -2.44. The highest BCUT2D eigenvalue weighted by atomic mass is 32.2. The molecule has 5 nitrogen and oxygen atoms in total. The predicted molar refractivity (Wildman–Crippen MR) is 86.8 cm³/mol. The van der Waals surface area contributed by atoms with Crippen molar-refractivity contribution in [2.45, 2.75) is 38.0 Å². The Morgan fingerprint density at radius 3 is 2.52 bits per heavy atom. The molecule has 1 saturated carbocycles. The third-order valence-electron chi connectivity index (χ3n) is 4.92. The van der Waals surface area contributed by atoms with Crippen LogP contribution in [0.5, 0.6) is 0 Å². The maximum absolute atomic E-state index is 13.0. The lowest BCUT2D eigenvalue weighted by Crippen LogP contribution is -2.57. The van der Waals surface area contributed by atoms with Gasteiger partial charge in [-0.3, -0.25) is 4.79 Å². The van der Waals surface area contributed by atoms with Gasteiger partial charge in [0, 0.05) is 30.9 Å². The highest BCUT2D eigenvalue weighted by Crippen LogP contribution is 2.40. The SMILES string of the molecule is CC1CCC(CN)(C(=O)N2CCSCC2S(C)(=O)=O)CC1. The van der Waals surface area contributed by atoms with Gasteiger partial charge < -0.3 is 10.6 Å². The van der Waals surface area contributed by atoms with E-state index < -0.39 is 20.6 Å². The number of nitrogens with zero attached hydrogens (tertiary/aromatic N) is 1. The number of thioether (sulfide) groups is 1. The van der Waals surface area contributed by atoms with Gasteiger partial charge >= 0.3 is 0 Å². The second-order valence-corrected chi connectivity index (χ2v) is 9.88. The Kier molecular flexibility index (Phi) is 5.26. The van der Waals surface area contributed by atoms with E-state index in [1.54, 1.807) is 16.7 Å². The van der Waals surface area contributed by atoms with Crippen molar-refractivity contribution in [3.8, 4) is 0 Å². The molecule has 1 saturated heterocycles. The first-order chi connectivity index (χ1) is 9.80. The van der Waals surface area contributed by atoms with E-state index in [2.05, 4.69) is 6.92 Å². The van der Waals surface area contributed by atoms with Crippen LogP contribution in [-0.4, -0.2) is 55.4 Å². The maximum Gasteiger partial charge on any atom is 0.231 e. The minimum Gasteiger partial charge on any atom is -0.329 e.